The molecule has 0 radical (unpaired) electrons. The van der Waals surface area contributed by atoms with Crippen LogP contribution in [0.5, 0.6) is 5.75 Å². The van der Waals surface area contributed by atoms with Gasteiger partial charge in [-0.1, -0.05) is 6.07 Å². The molecule has 1 unspecified atom stereocenters. The first kappa shape index (κ1) is 14.5. The van der Waals surface area contributed by atoms with Crippen molar-refractivity contribution in [1.82, 2.24) is 9.97 Å². The number of ether oxygens (including phenoxy) is 1. The third kappa shape index (κ3) is 2.96. The van der Waals surface area contributed by atoms with Crippen LogP contribution in [0.25, 0.3) is 0 Å². The number of aromatic nitrogens is 2. The Kier molecular flexibility index (Phi) is 4.35. The van der Waals surface area contributed by atoms with Gasteiger partial charge in [-0.2, -0.15) is 0 Å². The van der Waals surface area contributed by atoms with Crippen molar-refractivity contribution in [3.63, 3.8) is 0 Å². The molecule has 4 nitrogen and oxygen atoms in total. The van der Waals surface area contributed by atoms with Gasteiger partial charge in [-0.05, 0) is 32.4 Å². The zero-order chi connectivity index (χ0) is 14.7. The Morgan fingerprint density at radius 3 is 2.50 bits per heavy atom. The van der Waals surface area contributed by atoms with Crippen LogP contribution in [-0.4, -0.2) is 17.1 Å². The minimum Gasteiger partial charge on any atom is -0.496 e. The Morgan fingerprint density at radius 2 is 1.90 bits per heavy atom. The largest absolute Gasteiger partial charge is 0.496 e. The second kappa shape index (κ2) is 6.01. The summed E-state index contributed by atoms with van der Waals surface area (Å²) >= 11 is 0. The summed E-state index contributed by atoms with van der Waals surface area (Å²) < 4.78 is 5.43. The van der Waals surface area contributed by atoms with E-state index in [9.17, 15) is 0 Å². The average molecular weight is 271 g/mol. The monoisotopic (exact) mass is 271 g/mol. The molecular weight excluding hydrogens is 250 g/mol. The zero-order valence-electron chi connectivity index (χ0n) is 12.5. The van der Waals surface area contributed by atoms with Crippen LogP contribution in [0.1, 0.15) is 34.1 Å². The standard InChI is InChI=1S/C16H21N3O/c1-10-8-19-15(12(3)16(10)20-4)7-14(17)13-6-5-11(2)18-9-13/h5-6,8-9,14H,7,17H2,1-4H3. The van der Waals surface area contributed by atoms with Crippen LogP contribution >= 0.6 is 0 Å². The molecule has 0 aliphatic carbocycles. The van der Waals surface area contributed by atoms with E-state index in [0.717, 1.165) is 33.8 Å². The third-order valence-electron chi connectivity index (χ3n) is 3.53. The van der Waals surface area contributed by atoms with E-state index in [1.165, 1.54) is 0 Å². The Labute approximate surface area is 120 Å². The van der Waals surface area contributed by atoms with Gasteiger partial charge >= 0.3 is 0 Å². The van der Waals surface area contributed by atoms with Gasteiger partial charge in [-0.25, -0.2) is 0 Å². The van der Waals surface area contributed by atoms with Gasteiger partial charge in [0.2, 0.25) is 0 Å². The molecule has 106 valence electrons. The van der Waals surface area contributed by atoms with Gasteiger partial charge in [0, 0.05) is 47.4 Å². The molecule has 0 aliphatic rings. The third-order valence-corrected chi connectivity index (χ3v) is 3.53. The Morgan fingerprint density at radius 1 is 1.15 bits per heavy atom. The number of aryl methyl sites for hydroxylation is 2. The van der Waals surface area contributed by atoms with Crippen LogP contribution in [0.2, 0.25) is 0 Å². The molecule has 0 aliphatic heterocycles. The molecule has 0 bridgehead atoms. The van der Waals surface area contributed by atoms with E-state index >= 15 is 0 Å². The lowest BCUT2D eigenvalue weighted by Gasteiger charge is -2.16. The average Bonchev–Trinajstić information content (AvgIpc) is 2.43. The van der Waals surface area contributed by atoms with E-state index in [2.05, 4.69) is 9.97 Å². The fourth-order valence-electron chi connectivity index (χ4n) is 2.30. The molecular formula is C16H21N3O. The first-order chi connectivity index (χ1) is 9.52. The van der Waals surface area contributed by atoms with Crippen LogP contribution in [0, 0.1) is 20.8 Å². The topological polar surface area (TPSA) is 61.0 Å². The number of nitrogens with two attached hydrogens (primary N) is 1. The number of pyridine rings is 2. The van der Waals surface area contributed by atoms with Gasteiger partial charge in [0.25, 0.3) is 0 Å². The van der Waals surface area contributed by atoms with Crippen LogP contribution in [0.4, 0.5) is 0 Å². The molecule has 0 fully saturated rings. The molecule has 4 heteroatoms. The van der Waals surface area contributed by atoms with Gasteiger partial charge in [0.15, 0.2) is 0 Å². The van der Waals surface area contributed by atoms with Gasteiger partial charge in [-0.3, -0.25) is 9.97 Å². The fraction of sp³-hybridized carbons (Fsp3) is 0.375. The lowest BCUT2D eigenvalue weighted by Crippen LogP contribution is -2.15. The maximum Gasteiger partial charge on any atom is 0.128 e. The lowest BCUT2D eigenvalue weighted by molar-refractivity contribution is 0.406. The smallest absolute Gasteiger partial charge is 0.128 e. The summed E-state index contributed by atoms with van der Waals surface area (Å²) in [5.74, 6) is 0.893. The highest BCUT2D eigenvalue weighted by atomic mass is 16.5. The highest BCUT2D eigenvalue weighted by Gasteiger charge is 2.14. The maximum atomic E-state index is 6.25. The summed E-state index contributed by atoms with van der Waals surface area (Å²) in [6.07, 6.45) is 4.34. The summed E-state index contributed by atoms with van der Waals surface area (Å²) in [7, 11) is 1.68. The second-order valence-electron chi connectivity index (χ2n) is 5.09. The summed E-state index contributed by atoms with van der Waals surface area (Å²) in [5, 5.41) is 0. The second-order valence-corrected chi connectivity index (χ2v) is 5.09. The van der Waals surface area contributed by atoms with Crippen LogP contribution < -0.4 is 10.5 Å². The first-order valence-electron chi connectivity index (χ1n) is 6.70. The predicted molar refractivity (Wildman–Crippen MR) is 79.9 cm³/mol. The van der Waals surface area contributed by atoms with E-state index in [4.69, 9.17) is 10.5 Å². The van der Waals surface area contributed by atoms with Crippen molar-refractivity contribution in [2.45, 2.75) is 33.2 Å². The molecule has 2 aromatic rings. The normalized spacial score (nSPS) is 12.2. The number of rotatable bonds is 4. The fourth-order valence-corrected chi connectivity index (χ4v) is 2.30. The molecule has 1 atom stereocenters. The minimum absolute atomic E-state index is 0.110. The SMILES string of the molecule is COc1c(C)cnc(CC(N)c2ccc(C)nc2)c1C. The van der Waals surface area contributed by atoms with Crippen LogP contribution in [-0.2, 0) is 6.42 Å². The molecule has 2 N–H and O–H groups in total. The summed E-state index contributed by atoms with van der Waals surface area (Å²) in [4.78, 5) is 8.78. The van der Waals surface area contributed by atoms with Gasteiger partial charge in [0.05, 0.1) is 7.11 Å². The molecule has 2 rings (SSSR count). The summed E-state index contributed by atoms with van der Waals surface area (Å²) in [5.41, 5.74) is 11.3. The molecule has 0 amide bonds. The van der Waals surface area contributed by atoms with Crippen molar-refractivity contribution in [2.24, 2.45) is 5.73 Å². The van der Waals surface area contributed by atoms with Crippen LogP contribution in [0.3, 0.4) is 0 Å². The number of hydrogen-bond acceptors (Lipinski definition) is 4. The van der Waals surface area contributed by atoms with Gasteiger partial charge in [0.1, 0.15) is 5.75 Å². The summed E-state index contributed by atoms with van der Waals surface area (Å²) in [6, 6.07) is 3.89. The van der Waals surface area contributed by atoms with E-state index in [-0.39, 0.29) is 6.04 Å². The Hall–Kier alpha value is -1.94. The quantitative estimate of drug-likeness (QED) is 0.928. The highest BCUT2D eigenvalue weighted by Crippen LogP contribution is 2.26. The number of nitrogens with zero attached hydrogens (tertiary/aromatic N) is 2. The highest BCUT2D eigenvalue weighted by molar-refractivity contribution is 5.41. The van der Waals surface area contributed by atoms with Crippen molar-refractivity contribution in [2.75, 3.05) is 7.11 Å². The van der Waals surface area contributed by atoms with Crippen molar-refractivity contribution in [3.05, 3.63) is 52.6 Å². The molecule has 2 aromatic heterocycles. The van der Waals surface area contributed by atoms with Crippen molar-refractivity contribution >= 4 is 0 Å². The molecule has 0 saturated carbocycles. The Bertz CT molecular complexity index is 593. The first-order valence-corrected chi connectivity index (χ1v) is 6.70. The zero-order valence-corrected chi connectivity index (χ0v) is 12.5. The number of hydrogen-bond donors (Lipinski definition) is 1. The lowest BCUT2D eigenvalue weighted by atomic mass is 10.0. The molecule has 2 heterocycles. The van der Waals surface area contributed by atoms with E-state index < -0.39 is 0 Å². The molecule has 0 spiro atoms. The van der Waals surface area contributed by atoms with Crippen molar-refractivity contribution in [3.8, 4) is 5.75 Å². The number of methoxy groups -OCH3 is 1. The van der Waals surface area contributed by atoms with Gasteiger partial charge in [-0.15, -0.1) is 0 Å². The molecule has 0 aromatic carbocycles. The van der Waals surface area contributed by atoms with Crippen molar-refractivity contribution < 1.29 is 4.74 Å². The predicted octanol–water partition coefficient (Wildman–Crippen LogP) is 2.65. The molecule has 0 saturated heterocycles. The molecule has 20 heavy (non-hydrogen) atoms. The van der Waals surface area contributed by atoms with Gasteiger partial charge < -0.3 is 10.5 Å². The van der Waals surface area contributed by atoms with E-state index in [0.29, 0.717) is 6.42 Å². The maximum absolute atomic E-state index is 6.25. The Balaban J connectivity index is 2.23. The minimum atomic E-state index is -0.110. The summed E-state index contributed by atoms with van der Waals surface area (Å²) in [6.45, 7) is 5.98. The van der Waals surface area contributed by atoms with Crippen LogP contribution in [0.15, 0.2) is 24.5 Å². The van der Waals surface area contributed by atoms with E-state index in [1.54, 1.807) is 7.11 Å². The van der Waals surface area contributed by atoms with Crippen molar-refractivity contribution in [1.29, 1.82) is 0 Å². The van der Waals surface area contributed by atoms with E-state index in [1.807, 2.05) is 45.3 Å².